The number of ether oxygens (including phenoxy) is 1. The molecular formula is C22H30N4O4. The predicted molar refractivity (Wildman–Crippen MR) is 113 cm³/mol. The van der Waals surface area contributed by atoms with Crippen molar-refractivity contribution in [2.45, 2.75) is 39.0 Å². The molecule has 0 spiro atoms. The number of anilines is 1. The summed E-state index contributed by atoms with van der Waals surface area (Å²) in [4.78, 5) is 33.6. The zero-order chi connectivity index (χ0) is 21.3. The number of hydrogen-bond donors (Lipinski definition) is 1. The molecular weight excluding hydrogens is 384 g/mol. The number of fused-ring (bicyclic) bond motifs is 1. The number of rotatable bonds is 2. The Balaban J connectivity index is 1.34. The van der Waals surface area contributed by atoms with Gasteiger partial charge in [0.25, 0.3) is 0 Å². The van der Waals surface area contributed by atoms with Crippen LogP contribution in [0.3, 0.4) is 0 Å². The first-order chi connectivity index (χ1) is 14.3. The fourth-order valence-corrected chi connectivity index (χ4v) is 3.90. The minimum Gasteiger partial charge on any atom is -0.440 e. The van der Waals surface area contributed by atoms with Gasteiger partial charge in [0.05, 0.1) is 13.2 Å². The fourth-order valence-electron chi connectivity index (χ4n) is 3.90. The predicted octanol–water partition coefficient (Wildman–Crippen LogP) is 3.23. The number of piperidine rings is 1. The topological polar surface area (TPSA) is 87.9 Å². The minimum absolute atomic E-state index is 0.00514. The molecule has 3 amide bonds. The maximum Gasteiger partial charge on any atom is 0.321 e. The molecule has 2 saturated heterocycles. The van der Waals surface area contributed by atoms with Gasteiger partial charge in [-0.25, -0.2) is 9.78 Å². The van der Waals surface area contributed by atoms with Crippen molar-refractivity contribution < 1.29 is 18.7 Å². The van der Waals surface area contributed by atoms with Crippen molar-refractivity contribution in [1.82, 2.24) is 14.8 Å². The van der Waals surface area contributed by atoms with Crippen molar-refractivity contribution in [3.63, 3.8) is 0 Å². The average Bonchev–Trinajstić information content (AvgIpc) is 3.18. The fraction of sp³-hybridized carbons (Fsp3) is 0.591. The van der Waals surface area contributed by atoms with E-state index in [4.69, 9.17) is 9.15 Å². The largest absolute Gasteiger partial charge is 0.440 e. The highest BCUT2D eigenvalue weighted by Crippen LogP contribution is 2.28. The number of oxazole rings is 1. The zero-order valence-corrected chi connectivity index (χ0v) is 17.9. The summed E-state index contributed by atoms with van der Waals surface area (Å²) in [7, 11) is 0. The maximum atomic E-state index is 12.7. The number of aromatic nitrogens is 1. The lowest BCUT2D eigenvalue weighted by Gasteiger charge is -2.35. The third-order valence-electron chi connectivity index (χ3n) is 5.73. The van der Waals surface area contributed by atoms with E-state index in [1.807, 2.05) is 43.9 Å². The molecule has 0 radical (unpaired) electrons. The van der Waals surface area contributed by atoms with Crippen LogP contribution >= 0.6 is 0 Å². The van der Waals surface area contributed by atoms with Crippen LogP contribution in [0.15, 0.2) is 22.6 Å². The number of hydrogen-bond acceptors (Lipinski definition) is 5. The molecule has 1 aromatic carbocycles. The van der Waals surface area contributed by atoms with Gasteiger partial charge in [0, 0.05) is 43.2 Å². The first-order valence-corrected chi connectivity index (χ1v) is 10.6. The summed E-state index contributed by atoms with van der Waals surface area (Å²) < 4.78 is 11.1. The monoisotopic (exact) mass is 414 g/mol. The molecule has 0 atom stereocenters. The van der Waals surface area contributed by atoms with Crippen molar-refractivity contribution >= 4 is 28.7 Å². The number of morpholine rings is 1. The molecule has 0 bridgehead atoms. The summed E-state index contributed by atoms with van der Waals surface area (Å²) in [5.74, 6) is 0.868. The minimum atomic E-state index is -0.175. The van der Waals surface area contributed by atoms with Gasteiger partial charge in [0.1, 0.15) is 5.52 Å². The van der Waals surface area contributed by atoms with Crippen molar-refractivity contribution in [3.05, 3.63) is 24.1 Å². The highest BCUT2D eigenvalue weighted by molar-refractivity contribution is 5.92. The number of carbonyl (C=O) groups excluding carboxylic acids is 2. The average molecular weight is 415 g/mol. The Hall–Kier alpha value is -2.61. The van der Waals surface area contributed by atoms with Crippen molar-refractivity contribution in [2.75, 3.05) is 44.7 Å². The molecule has 8 nitrogen and oxygen atoms in total. The molecule has 2 aromatic rings. The van der Waals surface area contributed by atoms with Gasteiger partial charge in [0.15, 0.2) is 5.58 Å². The van der Waals surface area contributed by atoms with Crippen LogP contribution in [-0.2, 0) is 14.9 Å². The molecule has 1 aromatic heterocycles. The highest BCUT2D eigenvalue weighted by atomic mass is 16.5. The second-order valence-corrected chi connectivity index (χ2v) is 9.08. The van der Waals surface area contributed by atoms with Gasteiger partial charge in [-0.2, -0.15) is 0 Å². The molecule has 0 aliphatic carbocycles. The molecule has 0 saturated carbocycles. The molecule has 8 heteroatoms. The SMILES string of the molecule is CC(C)(C)c1nc2cc(NC(=O)N3CCC(C(=O)N4CCOCC4)CC3)ccc2o1. The normalized spacial score (nSPS) is 18.6. The van der Waals surface area contributed by atoms with Gasteiger partial charge in [-0.3, -0.25) is 4.79 Å². The molecule has 162 valence electrons. The lowest BCUT2D eigenvalue weighted by Crippen LogP contribution is -2.48. The maximum absolute atomic E-state index is 12.7. The lowest BCUT2D eigenvalue weighted by atomic mass is 9.95. The molecule has 4 rings (SSSR count). The van der Waals surface area contributed by atoms with E-state index < -0.39 is 0 Å². The Bertz CT molecular complexity index is 919. The van der Waals surface area contributed by atoms with Gasteiger partial charge in [-0.1, -0.05) is 20.8 Å². The molecule has 2 aliphatic rings. The first-order valence-electron chi connectivity index (χ1n) is 10.6. The van der Waals surface area contributed by atoms with E-state index in [0.717, 1.165) is 5.52 Å². The quantitative estimate of drug-likeness (QED) is 0.815. The van der Waals surface area contributed by atoms with Crippen molar-refractivity contribution in [2.24, 2.45) is 5.92 Å². The van der Waals surface area contributed by atoms with E-state index in [1.54, 1.807) is 4.90 Å². The third kappa shape index (κ3) is 4.43. The number of likely N-dealkylation sites (tertiary alicyclic amines) is 1. The Kier molecular flexibility index (Phi) is 5.69. The van der Waals surface area contributed by atoms with Crippen LogP contribution in [0.5, 0.6) is 0 Å². The zero-order valence-electron chi connectivity index (χ0n) is 17.9. The first kappa shape index (κ1) is 20.7. The molecule has 2 aliphatic heterocycles. The van der Waals surface area contributed by atoms with Crippen molar-refractivity contribution in [1.29, 1.82) is 0 Å². The number of benzene rings is 1. The summed E-state index contributed by atoms with van der Waals surface area (Å²) in [5.41, 5.74) is 1.95. The Morgan fingerprint density at radius 1 is 1.07 bits per heavy atom. The van der Waals surface area contributed by atoms with Crippen LogP contribution in [0.4, 0.5) is 10.5 Å². The summed E-state index contributed by atoms with van der Waals surface area (Å²) in [6.45, 7) is 9.86. The summed E-state index contributed by atoms with van der Waals surface area (Å²) in [6.07, 6.45) is 1.39. The van der Waals surface area contributed by atoms with Crippen LogP contribution in [0.2, 0.25) is 0 Å². The highest BCUT2D eigenvalue weighted by Gasteiger charge is 2.31. The van der Waals surface area contributed by atoms with Gasteiger partial charge in [-0.05, 0) is 31.0 Å². The number of nitrogens with one attached hydrogen (secondary N) is 1. The van der Waals surface area contributed by atoms with E-state index in [-0.39, 0.29) is 23.3 Å². The smallest absolute Gasteiger partial charge is 0.321 e. The van der Waals surface area contributed by atoms with E-state index >= 15 is 0 Å². The second kappa shape index (κ2) is 8.26. The van der Waals surface area contributed by atoms with E-state index in [0.29, 0.717) is 69.4 Å². The number of nitrogens with zero attached hydrogens (tertiary/aromatic N) is 3. The van der Waals surface area contributed by atoms with E-state index in [2.05, 4.69) is 10.3 Å². The van der Waals surface area contributed by atoms with Crippen LogP contribution in [0, 0.1) is 5.92 Å². The van der Waals surface area contributed by atoms with Gasteiger partial charge < -0.3 is 24.3 Å². The third-order valence-corrected chi connectivity index (χ3v) is 5.73. The van der Waals surface area contributed by atoms with Crippen LogP contribution < -0.4 is 5.32 Å². The standard InChI is InChI=1S/C22H30N4O4/c1-22(2,3)20-24-17-14-16(4-5-18(17)30-20)23-21(28)26-8-6-15(7-9-26)19(27)25-10-12-29-13-11-25/h4-5,14-15H,6-13H2,1-3H3,(H,23,28). The molecule has 3 heterocycles. The van der Waals surface area contributed by atoms with Crippen LogP contribution in [-0.4, -0.2) is 66.1 Å². The van der Waals surface area contributed by atoms with Crippen LogP contribution in [0.1, 0.15) is 39.5 Å². The Morgan fingerprint density at radius 2 is 1.77 bits per heavy atom. The summed E-state index contributed by atoms with van der Waals surface area (Å²) >= 11 is 0. The second-order valence-electron chi connectivity index (χ2n) is 9.08. The molecule has 30 heavy (non-hydrogen) atoms. The van der Waals surface area contributed by atoms with Crippen LogP contribution in [0.25, 0.3) is 11.1 Å². The van der Waals surface area contributed by atoms with E-state index in [1.165, 1.54) is 0 Å². The van der Waals surface area contributed by atoms with Gasteiger partial charge in [-0.15, -0.1) is 0 Å². The Morgan fingerprint density at radius 3 is 2.43 bits per heavy atom. The van der Waals surface area contributed by atoms with Crippen molar-refractivity contribution in [3.8, 4) is 0 Å². The number of carbonyl (C=O) groups is 2. The molecule has 0 unspecified atom stereocenters. The lowest BCUT2D eigenvalue weighted by molar-refractivity contribution is -0.140. The Labute approximate surface area is 176 Å². The molecule has 1 N–H and O–H groups in total. The number of amides is 3. The summed E-state index contributed by atoms with van der Waals surface area (Å²) in [6, 6.07) is 5.35. The molecule has 2 fully saturated rings. The summed E-state index contributed by atoms with van der Waals surface area (Å²) in [5, 5.41) is 2.95. The van der Waals surface area contributed by atoms with E-state index in [9.17, 15) is 9.59 Å². The van der Waals surface area contributed by atoms with Gasteiger partial charge >= 0.3 is 6.03 Å². The van der Waals surface area contributed by atoms with Gasteiger partial charge in [0.2, 0.25) is 11.8 Å². The number of urea groups is 1.